The average Bonchev–Trinajstić information content (AvgIpc) is 3.25. The summed E-state index contributed by atoms with van der Waals surface area (Å²) < 4.78 is 21.8. The van der Waals surface area contributed by atoms with Crippen molar-refractivity contribution >= 4 is 17.5 Å². The zero-order chi connectivity index (χ0) is 21.7. The Morgan fingerprint density at radius 2 is 1.67 bits per heavy atom. The van der Waals surface area contributed by atoms with Gasteiger partial charge in [0.15, 0.2) is 17.3 Å². The monoisotopic (exact) mass is 428 g/mol. The Morgan fingerprint density at radius 1 is 1.03 bits per heavy atom. The molecule has 1 heterocycles. The highest BCUT2D eigenvalue weighted by Crippen LogP contribution is 2.41. The molecule has 0 saturated carbocycles. The molecule has 0 bridgehead atoms. The van der Waals surface area contributed by atoms with Crippen LogP contribution in [-0.2, 0) is 6.42 Å². The van der Waals surface area contributed by atoms with Crippen molar-refractivity contribution in [3.05, 3.63) is 47.5 Å². The highest BCUT2D eigenvalue weighted by Gasteiger charge is 2.21. The summed E-state index contributed by atoms with van der Waals surface area (Å²) >= 11 is 1.22. The van der Waals surface area contributed by atoms with Crippen molar-refractivity contribution in [1.82, 2.24) is 10.2 Å². The summed E-state index contributed by atoms with van der Waals surface area (Å²) in [7, 11) is 4.61. The van der Waals surface area contributed by atoms with E-state index in [4.69, 9.17) is 18.6 Å². The van der Waals surface area contributed by atoms with Crippen LogP contribution in [0, 0.1) is 0 Å². The van der Waals surface area contributed by atoms with Crippen molar-refractivity contribution in [2.24, 2.45) is 0 Å². The topological polar surface area (TPSA) is 83.7 Å². The van der Waals surface area contributed by atoms with Crippen molar-refractivity contribution in [2.75, 3.05) is 21.3 Å². The summed E-state index contributed by atoms with van der Waals surface area (Å²) in [5, 5.41) is 8.11. The number of hydrogen-bond acceptors (Lipinski definition) is 8. The largest absolute Gasteiger partial charge is 0.493 e. The molecule has 0 radical (unpaired) electrons. The van der Waals surface area contributed by atoms with E-state index < -0.39 is 0 Å². The van der Waals surface area contributed by atoms with Gasteiger partial charge in [-0.25, -0.2) is 0 Å². The second-order valence-corrected chi connectivity index (χ2v) is 7.75. The lowest BCUT2D eigenvalue weighted by molar-refractivity contribution is 0.0993. The second-order valence-electron chi connectivity index (χ2n) is 6.46. The number of nitrogens with zero attached hydrogens (tertiary/aromatic N) is 2. The quantitative estimate of drug-likeness (QED) is 0.359. The molecule has 3 aromatic rings. The summed E-state index contributed by atoms with van der Waals surface area (Å²) in [4.78, 5) is 12.7. The summed E-state index contributed by atoms with van der Waals surface area (Å²) in [5.41, 5.74) is 2.48. The first-order valence-corrected chi connectivity index (χ1v) is 10.3. The maximum Gasteiger partial charge on any atom is 0.277 e. The first kappa shape index (κ1) is 21.7. The molecule has 0 aliphatic heterocycles. The number of aryl methyl sites for hydroxylation is 1. The van der Waals surface area contributed by atoms with Crippen molar-refractivity contribution in [1.29, 1.82) is 0 Å². The van der Waals surface area contributed by atoms with E-state index >= 15 is 0 Å². The molecule has 0 N–H and O–H groups in total. The standard InChI is InChI=1S/C22H24N2O5S/c1-6-14-7-9-15(10-8-14)19(25)13(2)30-22-24-23-21(29-22)16-11-17(26-3)20(28-5)18(12-16)27-4/h7-13H,6H2,1-5H3. The molecule has 2 aromatic carbocycles. The number of carbonyl (C=O) groups is 1. The van der Waals surface area contributed by atoms with E-state index in [0.29, 0.717) is 39.5 Å². The maximum atomic E-state index is 12.7. The molecule has 0 aliphatic rings. The molecule has 8 heteroatoms. The zero-order valence-corrected chi connectivity index (χ0v) is 18.4. The molecule has 3 rings (SSSR count). The van der Waals surface area contributed by atoms with E-state index in [0.717, 1.165) is 6.42 Å². The summed E-state index contributed by atoms with van der Waals surface area (Å²) in [6.45, 7) is 3.90. The Labute approximate surface area is 179 Å². The van der Waals surface area contributed by atoms with E-state index in [1.165, 1.54) is 38.7 Å². The van der Waals surface area contributed by atoms with Crippen LogP contribution in [-0.4, -0.2) is 42.6 Å². The minimum atomic E-state index is -0.370. The number of carbonyl (C=O) groups excluding carboxylic acids is 1. The molecule has 1 aromatic heterocycles. The highest BCUT2D eigenvalue weighted by molar-refractivity contribution is 8.00. The molecule has 0 spiro atoms. The predicted molar refractivity (Wildman–Crippen MR) is 115 cm³/mol. The number of rotatable bonds is 9. The fourth-order valence-corrected chi connectivity index (χ4v) is 3.68. The van der Waals surface area contributed by atoms with Crippen LogP contribution in [0.15, 0.2) is 46.0 Å². The predicted octanol–water partition coefficient (Wildman–Crippen LogP) is 4.69. The Kier molecular flexibility index (Phi) is 6.99. The van der Waals surface area contributed by atoms with Crippen LogP contribution in [0.5, 0.6) is 17.2 Å². The molecular formula is C22H24N2O5S. The summed E-state index contributed by atoms with van der Waals surface area (Å²) in [6, 6.07) is 11.1. The Balaban J connectivity index is 1.78. The fourth-order valence-electron chi connectivity index (χ4n) is 2.92. The van der Waals surface area contributed by atoms with Gasteiger partial charge in [0.1, 0.15) is 0 Å². The zero-order valence-electron chi connectivity index (χ0n) is 17.6. The summed E-state index contributed by atoms with van der Waals surface area (Å²) in [5.74, 6) is 1.75. The highest BCUT2D eigenvalue weighted by atomic mass is 32.2. The van der Waals surface area contributed by atoms with Crippen LogP contribution >= 0.6 is 11.8 Å². The molecular weight excluding hydrogens is 404 g/mol. The lowest BCUT2D eigenvalue weighted by Crippen LogP contribution is -2.13. The Morgan fingerprint density at radius 3 is 2.20 bits per heavy atom. The van der Waals surface area contributed by atoms with Gasteiger partial charge < -0.3 is 18.6 Å². The number of methoxy groups -OCH3 is 3. The van der Waals surface area contributed by atoms with Crippen molar-refractivity contribution < 1.29 is 23.4 Å². The van der Waals surface area contributed by atoms with Crippen LogP contribution in [0.25, 0.3) is 11.5 Å². The minimum absolute atomic E-state index is 0.00943. The number of ketones is 1. The third-order valence-corrected chi connectivity index (χ3v) is 5.55. The molecule has 158 valence electrons. The third kappa shape index (κ3) is 4.59. The fraction of sp³-hybridized carbons (Fsp3) is 0.318. The number of hydrogen-bond donors (Lipinski definition) is 0. The number of benzene rings is 2. The third-order valence-electron chi connectivity index (χ3n) is 4.61. The van der Waals surface area contributed by atoms with E-state index in [2.05, 4.69) is 17.1 Å². The number of thioether (sulfide) groups is 1. The molecule has 7 nitrogen and oxygen atoms in total. The minimum Gasteiger partial charge on any atom is -0.493 e. The van der Waals surface area contributed by atoms with Crippen molar-refractivity contribution in [2.45, 2.75) is 30.7 Å². The number of Topliss-reactive ketones (excluding diaryl/α,β-unsaturated/α-hetero) is 1. The molecule has 1 unspecified atom stereocenters. The van der Waals surface area contributed by atoms with Gasteiger partial charge in [0, 0.05) is 11.1 Å². The Hall–Kier alpha value is -3.00. The molecule has 0 saturated heterocycles. The maximum absolute atomic E-state index is 12.7. The molecule has 0 aliphatic carbocycles. The first-order chi connectivity index (χ1) is 14.5. The van der Waals surface area contributed by atoms with Gasteiger partial charge in [0.05, 0.1) is 26.6 Å². The molecule has 1 atom stereocenters. The van der Waals surface area contributed by atoms with Gasteiger partial charge >= 0.3 is 0 Å². The first-order valence-electron chi connectivity index (χ1n) is 9.44. The smallest absolute Gasteiger partial charge is 0.277 e. The number of ether oxygens (including phenoxy) is 3. The van der Waals surface area contributed by atoms with Gasteiger partial charge in [-0.1, -0.05) is 43.0 Å². The van der Waals surface area contributed by atoms with E-state index in [1.807, 2.05) is 31.2 Å². The lowest BCUT2D eigenvalue weighted by atomic mass is 10.1. The normalized spacial score (nSPS) is 11.8. The van der Waals surface area contributed by atoms with Gasteiger partial charge in [0.25, 0.3) is 5.22 Å². The van der Waals surface area contributed by atoms with Gasteiger partial charge in [-0.3, -0.25) is 4.79 Å². The van der Waals surface area contributed by atoms with Crippen LogP contribution < -0.4 is 14.2 Å². The van der Waals surface area contributed by atoms with Gasteiger partial charge in [0.2, 0.25) is 11.6 Å². The Bertz CT molecular complexity index is 992. The van der Waals surface area contributed by atoms with Gasteiger partial charge in [-0.2, -0.15) is 0 Å². The molecule has 0 amide bonds. The lowest BCUT2D eigenvalue weighted by Gasteiger charge is -2.12. The van der Waals surface area contributed by atoms with E-state index in [-0.39, 0.29) is 11.0 Å². The van der Waals surface area contributed by atoms with Crippen LogP contribution in [0.2, 0.25) is 0 Å². The molecule has 0 fully saturated rings. The van der Waals surface area contributed by atoms with E-state index in [9.17, 15) is 4.79 Å². The van der Waals surface area contributed by atoms with Crippen molar-refractivity contribution in [3.63, 3.8) is 0 Å². The van der Waals surface area contributed by atoms with Crippen LogP contribution in [0.4, 0.5) is 0 Å². The van der Waals surface area contributed by atoms with E-state index in [1.54, 1.807) is 12.1 Å². The second kappa shape index (κ2) is 9.67. The molecule has 30 heavy (non-hydrogen) atoms. The number of aromatic nitrogens is 2. The summed E-state index contributed by atoms with van der Waals surface area (Å²) in [6.07, 6.45) is 0.935. The SMILES string of the molecule is CCc1ccc(C(=O)C(C)Sc2nnc(-c3cc(OC)c(OC)c(OC)c3)o2)cc1. The van der Waals surface area contributed by atoms with Crippen LogP contribution in [0.1, 0.15) is 29.8 Å². The average molecular weight is 429 g/mol. The van der Waals surface area contributed by atoms with Gasteiger partial charge in [-0.05, 0) is 31.0 Å². The van der Waals surface area contributed by atoms with Gasteiger partial charge in [-0.15, -0.1) is 10.2 Å². The van der Waals surface area contributed by atoms with Crippen molar-refractivity contribution in [3.8, 4) is 28.7 Å². The van der Waals surface area contributed by atoms with Crippen LogP contribution in [0.3, 0.4) is 0 Å².